The van der Waals surface area contributed by atoms with Crippen molar-refractivity contribution in [2.45, 2.75) is 17.9 Å². The van der Waals surface area contributed by atoms with Crippen LogP contribution < -0.4 is 0 Å². The van der Waals surface area contributed by atoms with Crippen LogP contribution in [0.25, 0.3) is 0 Å². The van der Waals surface area contributed by atoms with Crippen LogP contribution in [0.5, 0.6) is 0 Å². The normalized spacial score (nSPS) is 13.6. The number of aromatic amines is 1. The predicted octanol–water partition coefficient (Wildman–Crippen LogP) is 6.05. The van der Waals surface area contributed by atoms with Gasteiger partial charge in [0.05, 0.1) is 23.6 Å². The minimum Gasteiger partial charge on any atom is -0.376 e. The van der Waals surface area contributed by atoms with Crippen molar-refractivity contribution in [3.05, 3.63) is 148 Å². The standard InChI is InChI=1S/C28H24N2OS/c1-21-17-26(32-19-21)28(31,25-18-29-20-30-25)27(22-11-5-2-6-12-22,23-13-7-3-8-14-23)24-15-9-4-10-16-24/h2-20,31H,1H3,(H,29,30). The lowest BCUT2D eigenvalue weighted by molar-refractivity contribution is 0.0278. The zero-order chi connectivity index (χ0) is 22.0. The molecule has 5 rings (SSSR count). The lowest BCUT2D eigenvalue weighted by Gasteiger charge is -2.48. The van der Waals surface area contributed by atoms with E-state index in [9.17, 15) is 5.11 Å². The first-order valence-corrected chi connectivity index (χ1v) is 11.5. The molecule has 5 aromatic rings. The van der Waals surface area contributed by atoms with Crippen LogP contribution in [0.2, 0.25) is 0 Å². The van der Waals surface area contributed by atoms with E-state index in [0.717, 1.165) is 27.1 Å². The van der Waals surface area contributed by atoms with E-state index >= 15 is 0 Å². The number of aromatic nitrogens is 2. The zero-order valence-electron chi connectivity index (χ0n) is 17.8. The Morgan fingerprint density at radius 3 is 1.66 bits per heavy atom. The molecule has 0 bridgehead atoms. The number of benzene rings is 3. The van der Waals surface area contributed by atoms with Crippen molar-refractivity contribution in [1.29, 1.82) is 0 Å². The first-order valence-electron chi connectivity index (χ1n) is 10.6. The SMILES string of the molecule is Cc1csc(C(O)(c2cnc[nH]2)C(c2ccccc2)(c2ccccc2)c2ccccc2)c1. The molecule has 1 atom stereocenters. The fraction of sp³-hybridized carbons (Fsp3) is 0.107. The maximum atomic E-state index is 13.1. The van der Waals surface area contributed by atoms with E-state index in [-0.39, 0.29) is 0 Å². The number of nitrogens with one attached hydrogen (secondary N) is 1. The molecule has 32 heavy (non-hydrogen) atoms. The molecule has 3 aromatic carbocycles. The summed E-state index contributed by atoms with van der Waals surface area (Å²) < 4.78 is 0. The molecule has 0 aliphatic rings. The fourth-order valence-corrected chi connectivity index (χ4v) is 5.85. The fourth-order valence-electron chi connectivity index (χ4n) is 4.79. The van der Waals surface area contributed by atoms with E-state index in [2.05, 4.69) is 64.7 Å². The van der Waals surface area contributed by atoms with Crippen molar-refractivity contribution in [2.24, 2.45) is 0 Å². The van der Waals surface area contributed by atoms with Gasteiger partial charge in [-0.15, -0.1) is 11.3 Å². The molecule has 0 amide bonds. The first-order chi connectivity index (χ1) is 15.7. The highest BCUT2D eigenvalue weighted by atomic mass is 32.1. The van der Waals surface area contributed by atoms with Crippen LogP contribution in [0, 0.1) is 6.92 Å². The molecule has 0 aliphatic carbocycles. The third-order valence-corrected chi connectivity index (χ3v) is 7.30. The summed E-state index contributed by atoms with van der Waals surface area (Å²) in [5, 5.41) is 15.2. The molecule has 2 N–H and O–H groups in total. The van der Waals surface area contributed by atoms with E-state index in [1.165, 1.54) is 0 Å². The Balaban J connectivity index is 1.99. The summed E-state index contributed by atoms with van der Waals surface area (Å²) in [6, 6.07) is 32.9. The number of hydrogen-bond acceptors (Lipinski definition) is 3. The number of aliphatic hydroxyl groups is 1. The van der Waals surface area contributed by atoms with Crippen molar-refractivity contribution in [3.8, 4) is 0 Å². The molecule has 0 saturated heterocycles. The van der Waals surface area contributed by atoms with E-state index in [4.69, 9.17) is 0 Å². The second kappa shape index (κ2) is 8.23. The van der Waals surface area contributed by atoms with Gasteiger partial charge in [-0.25, -0.2) is 4.98 Å². The van der Waals surface area contributed by atoms with Gasteiger partial charge in [-0.1, -0.05) is 91.0 Å². The number of thiophene rings is 1. The van der Waals surface area contributed by atoms with Gasteiger partial charge in [0.1, 0.15) is 0 Å². The van der Waals surface area contributed by atoms with Crippen LogP contribution in [0.1, 0.15) is 32.8 Å². The molecule has 0 saturated carbocycles. The Bertz CT molecular complexity index is 1180. The van der Waals surface area contributed by atoms with Gasteiger partial charge in [-0.3, -0.25) is 0 Å². The van der Waals surface area contributed by atoms with E-state index in [0.29, 0.717) is 5.69 Å². The van der Waals surface area contributed by atoms with Gasteiger partial charge in [-0.2, -0.15) is 0 Å². The Labute approximate surface area is 192 Å². The molecular formula is C28H24N2OS. The average molecular weight is 437 g/mol. The molecule has 158 valence electrons. The topological polar surface area (TPSA) is 48.9 Å². The molecule has 4 heteroatoms. The summed E-state index contributed by atoms with van der Waals surface area (Å²) in [6.45, 7) is 2.06. The van der Waals surface area contributed by atoms with Crippen LogP contribution in [0.3, 0.4) is 0 Å². The second-order valence-corrected chi connectivity index (χ2v) is 8.92. The first kappa shape index (κ1) is 20.4. The summed E-state index contributed by atoms with van der Waals surface area (Å²) in [5.41, 5.74) is 2.40. The Morgan fingerprint density at radius 2 is 1.28 bits per heavy atom. The van der Waals surface area contributed by atoms with E-state index in [1.807, 2.05) is 54.6 Å². The minimum absolute atomic E-state index is 0.649. The molecule has 0 aliphatic heterocycles. The lowest BCUT2D eigenvalue weighted by Crippen LogP contribution is -2.51. The quantitative estimate of drug-likeness (QED) is 0.318. The van der Waals surface area contributed by atoms with Crippen molar-refractivity contribution in [2.75, 3.05) is 0 Å². The van der Waals surface area contributed by atoms with Crippen molar-refractivity contribution < 1.29 is 5.11 Å². The van der Waals surface area contributed by atoms with Crippen LogP contribution >= 0.6 is 11.3 Å². The van der Waals surface area contributed by atoms with Gasteiger partial charge in [0.2, 0.25) is 0 Å². The number of nitrogens with zero attached hydrogens (tertiary/aromatic N) is 1. The van der Waals surface area contributed by atoms with E-state index in [1.54, 1.807) is 23.9 Å². The third kappa shape index (κ3) is 3.03. The third-order valence-electron chi connectivity index (χ3n) is 6.14. The minimum atomic E-state index is -1.44. The summed E-state index contributed by atoms with van der Waals surface area (Å²) in [6.07, 6.45) is 3.37. The molecule has 1 unspecified atom stereocenters. The van der Waals surface area contributed by atoms with Crippen LogP contribution in [-0.2, 0) is 11.0 Å². The summed E-state index contributed by atoms with van der Waals surface area (Å²) in [7, 11) is 0. The number of aryl methyl sites for hydroxylation is 1. The number of H-pyrrole nitrogens is 1. The summed E-state index contributed by atoms with van der Waals surface area (Å²) in [4.78, 5) is 8.41. The monoisotopic (exact) mass is 436 g/mol. The molecule has 0 spiro atoms. The highest BCUT2D eigenvalue weighted by Crippen LogP contribution is 2.55. The second-order valence-electron chi connectivity index (χ2n) is 8.01. The summed E-state index contributed by atoms with van der Waals surface area (Å²) in [5.74, 6) is 0. The van der Waals surface area contributed by atoms with Gasteiger partial charge < -0.3 is 10.1 Å². The maximum Gasteiger partial charge on any atom is 0.158 e. The Morgan fingerprint density at radius 1 is 0.781 bits per heavy atom. The smallest absolute Gasteiger partial charge is 0.158 e. The Kier molecular flexibility index (Phi) is 5.25. The van der Waals surface area contributed by atoms with Crippen molar-refractivity contribution in [1.82, 2.24) is 9.97 Å². The molecular weight excluding hydrogens is 412 g/mol. The molecule has 2 heterocycles. The largest absolute Gasteiger partial charge is 0.376 e. The zero-order valence-corrected chi connectivity index (χ0v) is 18.6. The van der Waals surface area contributed by atoms with Crippen molar-refractivity contribution in [3.63, 3.8) is 0 Å². The highest BCUT2D eigenvalue weighted by Gasteiger charge is 2.57. The van der Waals surface area contributed by atoms with Gasteiger partial charge in [-0.05, 0) is 40.6 Å². The average Bonchev–Trinajstić information content (AvgIpc) is 3.54. The maximum absolute atomic E-state index is 13.1. The highest BCUT2D eigenvalue weighted by molar-refractivity contribution is 7.10. The molecule has 2 aromatic heterocycles. The van der Waals surface area contributed by atoms with Crippen molar-refractivity contribution >= 4 is 11.3 Å². The van der Waals surface area contributed by atoms with E-state index < -0.39 is 11.0 Å². The lowest BCUT2D eigenvalue weighted by atomic mass is 9.58. The number of hydrogen-bond donors (Lipinski definition) is 2. The number of rotatable bonds is 6. The van der Waals surface area contributed by atoms with Crippen LogP contribution in [0.4, 0.5) is 0 Å². The van der Waals surface area contributed by atoms with Gasteiger partial charge >= 0.3 is 0 Å². The van der Waals surface area contributed by atoms with Gasteiger partial charge in [0, 0.05) is 4.88 Å². The van der Waals surface area contributed by atoms with Crippen LogP contribution in [0.15, 0.2) is 115 Å². The van der Waals surface area contributed by atoms with Gasteiger partial charge in [0.15, 0.2) is 5.60 Å². The summed E-state index contributed by atoms with van der Waals surface area (Å²) >= 11 is 1.57. The molecule has 0 radical (unpaired) electrons. The molecule has 3 nitrogen and oxygen atoms in total. The molecule has 0 fully saturated rings. The number of imidazole rings is 1. The van der Waals surface area contributed by atoms with Crippen LogP contribution in [-0.4, -0.2) is 15.1 Å². The predicted molar refractivity (Wildman–Crippen MR) is 130 cm³/mol. The van der Waals surface area contributed by atoms with Gasteiger partial charge in [0.25, 0.3) is 0 Å². The Hall–Kier alpha value is -3.47.